The highest BCUT2D eigenvalue weighted by Gasteiger charge is 2.45. The van der Waals surface area contributed by atoms with Crippen LogP contribution >= 0.6 is 0 Å². The molecular formula is C56H87N13O20. The smallest absolute Gasteiger partial charge is 0.308 e. The zero-order valence-electron chi connectivity index (χ0n) is 51.1. The summed E-state index contributed by atoms with van der Waals surface area (Å²) in [6.07, 6.45) is 3.69. The molecule has 496 valence electrons. The van der Waals surface area contributed by atoms with Crippen molar-refractivity contribution in [2.75, 3.05) is 26.2 Å². The van der Waals surface area contributed by atoms with E-state index in [1.54, 1.807) is 26.0 Å². The van der Waals surface area contributed by atoms with Gasteiger partial charge >= 0.3 is 23.9 Å². The lowest BCUT2D eigenvalue weighted by Crippen LogP contribution is -2.66. The number of carbonyl (C=O) groups is 16. The van der Waals surface area contributed by atoms with Crippen LogP contribution in [0, 0.1) is 17.8 Å². The zero-order valence-corrected chi connectivity index (χ0v) is 51.1. The molecule has 89 heavy (non-hydrogen) atoms. The third-order valence-electron chi connectivity index (χ3n) is 15.0. The summed E-state index contributed by atoms with van der Waals surface area (Å²) >= 11 is 0. The number of nitrogens with two attached hydrogens (primary N) is 1. The molecule has 3 unspecified atom stereocenters. The van der Waals surface area contributed by atoms with Gasteiger partial charge in [-0.05, 0) is 77.6 Å². The zero-order chi connectivity index (χ0) is 67.0. The summed E-state index contributed by atoms with van der Waals surface area (Å²) in [4.78, 5) is 218. The van der Waals surface area contributed by atoms with Crippen LogP contribution in [0.15, 0.2) is 12.2 Å². The standard InChI is InChI=1S/C56H87N13O20/c1-27(2)16-11-9-8-10-12-19-37(70)61-34(24-42(77)78)49(81)67-46-31(7)60-50(82)36-18-15-21-69(36)54(86)43(28(3)4)65-53(85)45(30(6)57)64-39(72)26-59-47(79)32(22-40(73)74)62-38(71)25-58-48(80)33(23-41(75)76)63-52(84)44(29(5)56(88)89)66-51(83)35-17-13-14-20-68(35)55(46)87/h10,12,27-36,43-46H,8-9,11,13-26,57H2,1-7H3,(H,58,80)(H,59,79)(H,60,82)(H,61,70)(H,62,71)(H,63,84)(H,64,72)(H,65,85)(H,66,83)(H,67,81)(H,73,74)(H,75,76)(H,77,78)(H,88,89)/t29?,30?,31?,32-,33-,34-,35+,36-,43-,44-,45+,46-/m0/s1. The fourth-order valence-corrected chi connectivity index (χ4v) is 10.0. The summed E-state index contributed by atoms with van der Waals surface area (Å²) in [5, 5.41) is 62.1. The first-order valence-electron chi connectivity index (χ1n) is 29.6. The fraction of sp³-hybridized carbons (Fsp3) is 0.679. The third kappa shape index (κ3) is 24.0. The van der Waals surface area contributed by atoms with Gasteiger partial charge in [-0.25, -0.2) is 0 Å². The van der Waals surface area contributed by atoms with Gasteiger partial charge in [-0.2, -0.15) is 0 Å². The van der Waals surface area contributed by atoms with Crippen molar-refractivity contribution in [3.63, 3.8) is 0 Å². The largest absolute Gasteiger partial charge is 0.481 e. The second kappa shape index (κ2) is 35.9. The summed E-state index contributed by atoms with van der Waals surface area (Å²) in [7, 11) is 0. The molecule has 0 aromatic rings. The molecule has 0 aromatic carbocycles. The Bertz CT molecular complexity index is 2670. The van der Waals surface area contributed by atoms with E-state index in [4.69, 9.17) is 5.73 Å². The van der Waals surface area contributed by atoms with Crippen LogP contribution in [-0.2, 0) is 76.7 Å². The summed E-state index contributed by atoms with van der Waals surface area (Å²) in [5.41, 5.74) is 6.11. The Morgan fingerprint density at radius 3 is 1.67 bits per heavy atom. The van der Waals surface area contributed by atoms with Crippen molar-refractivity contribution in [1.82, 2.24) is 63.0 Å². The number of rotatable bonds is 20. The van der Waals surface area contributed by atoms with E-state index in [0.29, 0.717) is 12.3 Å². The first kappa shape index (κ1) is 74.5. The topological polar surface area (TPSA) is 507 Å². The van der Waals surface area contributed by atoms with E-state index < -0.39 is 205 Å². The highest BCUT2D eigenvalue weighted by Crippen LogP contribution is 2.24. The Balaban J connectivity index is 2.19. The lowest BCUT2D eigenvalue weighted by atomic mass is 9.96. The normalized spacial score (nSPS) is 25.6. The van der Waals surface area contributed by atoms with E-state index in [9.17, 15) is 92.3 Å². The van der Waals surface area contributed by atoms with Gasteiger partial charge in [-0.3, -0.25) is 76.7 Å². The van der Waals surface area contributed by atoms with E-state index in [2.05, 4.69) is 51.1 Å². The number of fused-ring (bicyclic) bond motifs is 2. The molecule has 12 amide bonds. The van der Waals surface area contributed by atoms with Gasteiger partial charge in [0.15, 0.2) is 0 Å². The fourth-order valence-electron chi connectivity index (χ4n) is 10.0. The van der Waals surface area contributed by atoms with E-state index >= 15 is 4.79 Å². The molecule has 33 nitrogen and oxygen atoms in total. The second-order valence-corrected chi connectivity index (χ2v) is 23.1. The van der Waals surface area contributed by atoms with Crippen LogP contribution in [0.25, 0.3) is 0 Å². The molecule has 33 heteroatoms. The summed E-state index contributed by atoms with van der Waals surface area (Å²) < 4.78 is 0. The highest BCUT2D eigenvalue weighted by molar-refractivity contribution is 6.01. The number of carbonyl (C=O) groups excluding carboxylic acids is 12. The molecular weight excluding hydrogens is 1170 g/mol. The molecule has 12 atom stereocenters. The lowest BCUT2D eigenvalue weighted by molar-refractivity contribution is -0.150. The van der Waals surface area contributed by atoms with Crippen molar-refractivity contribution in [1.29, 1.82) is 0 Å². The van der Waals surface area contributed by atoms with E-state index in [1.807, 2.05) is 16.0 Å². The third-order valence-corrected chi connectivity index (χ3v) is 15.0. The minimum Gasteiger partial charge on any atom is -0.481 e. The first-order valence-corrected chi connectivity index (χ1v) is 29.6. The highest BCUT2D eigenvalue weighted by atomic mass is 16.4. The SMILES string of the molecule is CC(C)CCCCC=CCC(=O)N[C@@H](CC(=O)O)C(=O)N[C@@H]1C(=O)N2CCCC[C@@H]2C(=O)N[C@@H](C(C)C(=O)O)C(=O)N[C@@H](CC(=O)O)C(=O)NCC(=O)N[C@@H](CC(=O)O)C(=O)NCC(=O)N[C@H](C(C)N)C(=O)N[C@@H](C(C)C)C(=O)N2CCC[C@H]2C(=O)NC1C. The minimum atomic E-state index is -2.15. The van der Waals surface area contributed by atoms with Crippen molar-refractivity contribution < 1.29 is 97.1 Å². The average Bonchev–Trinajstić information content (AvgIpc) is 2.72. The van der Waals surface area contributed by atoms with E-state index in [0.717, 1.165) is 36.0 Å². The molecule has 3 saturated heterocycles. The van der Waals surface area contributed by atoms with E-state index in [-0.39, 0.29) is 51.6 Å². The van der Waals surface area contributed by atoms with Crippen molar-refractivity contribution in [3.05, 3.63) is 12.2 Å². The summed E-state index contributed by atoms with van der Waals surface area (Å²) in [5.74, 6) is -22.0. The van der Waals surface area contributed by atoms with Gasteiger partial charge in [-0.15, -0.1) is 0 Å². The van der Waals surface area contributed by atoms with Crippen molar-refractivity contribution in [3.8, 4) is 0 Å². The quantitative estimate of drug-likeness (QED) is 0.0406. The maximum atomic E-state index is 15.2. The maximum absolute atomic E-state index is 15.2. The average molecular weight is 1260 g/mol. The van der Waals surface area contributed by atoms with Gasteiger partial charge in [0, 0.05) is 25.6 Å². The monoisotopic (exact) mass is 1260 g/mol. The van der Waals surface area contributed by atoms with Crippen LogP contribution in [0.4, 0.5) is 0 Å². The molecule has 3 heterocycles. The number of nitrogens with zero attached hydrogens (tertiary/aromatic N) is 2. The second-order valence-electron chi connectivity index (χ2n) is 23.1. The molecule has 0 radical (unpaired) electrons. The molecule has 0 aliphatic carbocycles. The van der Waals surface area contributed by atoms with Crippen molar-refractivity contribution >= 4 is 94.8 Å². The predicted octanol–water partition coefficient (Wildman–Crippen LogP) is -4.19. The molecule has 3 aliphatic heterocycles. The van der Waals surface area contributed by atoms with Gasteiger partial charge in [0.2, 0.25) is 70.9 Å². The number of unbranched alkanes of at least 4 members (excludes halogenated alkanes) is 2. The van der Waals surface area contributed by atoms with Crippen LogP contribution in [0.1, 0.15) is 132 Å². The number of carboxylic acid groups (broad SMARTS) is 4. The molecule has 0 aromatic heterocycles. The van der Waals surface area contributed by atoms with Gasteiger partial charge in [0.1, 0.15) is 54.4 Å². The molecule has 3 fully saturated rings. The molecule has 0 saturated carbocycles. The molecule has 3 rings (SSSR count). The van der Waals surface area contributed by atoms with Crippen LogP contribution in [0.2, 0.25) is 0 Å². The van der Waals surface area contributed by atoms with Crippen LogP contribution in [0.5, 0.6) is 0 Å². The molecule has 16 N–H and O–H groups in total. The Morgan fingerprint density at radius 1 is 0.596 bits per heavy atom. The number of allylic oxidation sites excluding steroid dienone is 1. The maximum Gasteiger partial charge on any atom is 0.308 e. The Morgan fingerprint density at radius 2 is 1.12 bits per heavy atom. The van der Waals surface area contributed by atoms with E-state index in [1.165, 1.54) is 13.8 Å². The summed E-state index contributed by atoms with van der Waals surface area (Å²) in [6.45, 7) is 8.53. The number of piperidine rings is 1. The number of aliphatic carboxylic acids is 4. The van der Waals surface area contributed by atoms with Gasteiger partial charge in [0.05, 0.1) is 44.3 Å². The molecule has 0 bridgehead atoms. The van der Waals surface area contributed by atoms with Crippen molar-refractivity contribution in [2.45, 2.75) is 198 Å². The van der Waals surface area contributed by atoms with Gasteiger partial charge in [0.25, 0.3) is 0 Å². The van der Waals surface area contributed by atoms with Gasteiger partial charge < -0.3 is 89.1 Å². The number of hydrogen-bond donors (Lipinski definition) is 15. The Labute approximate surface area is 513 Å². The van der Waals surface area contributed by atoms with Crippen LogP contribution in [-0.4, -0.2) is 218 Å². The molecule has 0 spiro atoms. The molecule has 3 aliphatic rings. The Hall–Kier alpha value is -8.78. The number of carboxylic acids is 4. The number of nitrogens with one attached hydrogen (secondary N) is 10. The van der Waals surface area contributed by atoms with Gasteiger partial charge in [-0.1, -0.05) is 52.7 Å². The minimum absolute atomic E-state index is 0.0218. The van der Waals surface area contributed by atoms with Crippen LogP contribution < -0.4 is 58.9 Å². The summed E-state index contributed by atoms with van der Waals surface area (Å²) in [6, 6.07) is -18.5. The lowest BCUT2D eigenvalue weighted by Gasteiger charge is -2.39. The predicted molar refractivity (Wildman–Crippen MR) is 310 cm³/mol. The van der Waals surface area contributed by atoms with Crippen molar-refractivity contribution in [2.24, 2.45) is 23.5 Å². The Kier molecular flexibility index (Phi) is 30.0. The number of hydrogen-bond acceptors (Lipinski definition) is 17. The number of amides is 12. The van der Waals surface area contributed by atoms with Crippen LogP contribution in [0.3, 0.4) is 0 Å². The first-order chi connectivity index (χ1) is 41.7.